The highest BCUT2D eigenvalue weighted by Gasteiger charge is 2.26. The SMILES string of the molecule is CCCCC1CCC(C(N)c2cccnc2)CC1. The maximum atomic E-state index is 6.38. The summed E-state index contributed by atoms with van der Waals surface area (Å²) in [4.78, 5) is 4.18. The van der Waals surface area contributed by atoms with Gasteiger partial charge in [0.2, 0.25) is 0 Å². The molecule has 18 heavy (non-hydrogen) atoms. The third kappa shape index (κ3) is 3.55. The van der Waals surface area contributed by atoms with E-state index in [2.05, 4.69) is 18.0 Å². The first-order chi connectivity index (χ1) is 8.81. The van der Waals surface area contributed by atoms with Gasteiger partial charge in [0.05, 0.1) is 0 Å². The number of aromatic nitrogens is 1. The second kappa shape index (κ2) is 6.89. The van der Waals surface area contributed by atoms with Gasteiger partial charge in [0, 0.05) is 18.4 Å². The Morgan fingerprint density at radius 2 is 2.11 bits per heavy atom. The van der Waals surface area contributed by atoms with Gasteiger partial charge < -0.3 is 5.73 Å². The molecule has 1 atom stereocenters. The van der Waals surface area contributed by atoms with Crippen LogP contribution in [0.15, 0.2) is 24.5 Å². The van der Waals surface area contributed by atoms with E-state index >= 15 is 0 Å². The third-order valence-electron chi connectivity index (χ3n) is 4.43. The van der Waals surface area contributed by atoms with Crippen LogP contribution in [0, 0.1) is 11.8 Å². The molecule has 0 radical (unpaired) electrons. The lowest BCUT2D eigenvalue weighted by molar-refractivity contribution is 0.232. The molecule has 0 amide bonds. The fourth-order valence-electron chi connectivity index (χ4n) is 3.17. The molecule has 100 valence electrons. The predicted molar refractivity (Wildman–Crippen MR) is 76.1 cm³/mol. The lowest BCUT2D eigenvalue weighted by Crippen LogP contribution is -2.26. The molecule has 2 heteroatoms. The van der Waals surface area contributed by atoms with Crippen LogP contribution in [0.1, 0.15) is 63.5 Å². The van der Waals surface area contributed by atoms with Crippen LogP contribution in [0.5, 0.6) is 0 Å². The van der Waals surface area contributed by atoms with Crippen molar-refractivity contribution in [3.63, 3.8) is 0 Å². The molecule has 1 saturated carbocycles. The average Bonchev–Trinajstić information content (AvgIpc) is 2.46. The molecular formula is C16H26N2. The van der Waals surface area contributed by atoms with Gasteiger partial charge in [-0.05, 0) is 36.3 Å². The zero-order valence-corrected chi connectivity index (χ0v) is 11.5. The normalized spacial score (nSPS) is 25.9. The Morgan fingerprint density at radius 1 is 1.33 bits per heavy atom. The Hall–Kier alpha value is -0.890. The third-order valence-corrected chi connectivity index (χ3v) is 4.43. The van der Waals surface area contributed by atoms with Crippen LogP contribution in [0.2, 0.25) is 0 Å². The Morgan fingerprint density at radius 3 is 2.72 bits per heavy atom. The van der Waals surface area contributed by atoms with E-state index in [4.69, 9.17) is 5.73 Å². The van der Waals surface area contributed by atoms with Crippen molar-refractivity contribution in [3.8, 4) is 0 Å². The quantitative estimate of drug-likeness (QED) is 0.850. The summed E-state index contributed by atoms with van der Waals surface area (Å²) in [5.74, 6) is 1.62. The molecule has 0 saturated heterocycles. The summed E-state index contributed by atoms with van der Waals surface area (Å²) in [6.07, 6.45) is 13.2. The molecule has 2 nitrogen and oxygen atoms in total. The van der Waals surface area contributed by atoms with Gasteiger partial charge in [0.1, 0.15) is 0 Å². The van der Waals surface area contributed by atoms with Gasteiger partial charge in [0.15, 0.2) is 0 Å². The number of nitrogens with two attached hydrogens (primary N) is 1. The molecular weight excluding hydrogens is 220 g/mol. The van der Waals surface area contributed by atoms with E-state index in [1.165, 1.54) is 50.5 Å². The molecule has 2 rings (SSSR count). The van der Waals surface area contributed by atoms with E-state index < -0.39 is 0 Å². The van der Waals surface area contributed by atoms with Crippen LogP contribution in [0.25, 0.3) is 0 Å². The molecule has 1 fully saturated rings. The maximum absolute atomic E-state index is 6.38. The van der Waals surface area contributed by atoms with E-state index in [0.717, 1.165) is 5.92 Å². The van der Waals surface area contributed by atoms with Crippen molar-refractivity contribution in [2.45, 2.75) is 57.9 Å². The van der Waals surface area contributed by atoms with Crippen LogP contribution >= 0.6 is 0 Å². The molecule has 0 aromatic carbocycles. The summed E-state index contributed by atoms with van der Waals surface area (Å²) >= 11 is 0. The van der Waals surface area contributed by atoms with E-state index in [-0.39, 0.29) is 6.04 Å². The monoisotopic (exact) mass is 246 g/mol. The van der Waals surface area contributed by atoms with Gasteiger partial charge in [-0.25, -0.2) is 0 Å². The Kier molecular flexibility index (Phi) is 5.18. The molecule has 1 unspecified atom stereocenters. The topological polar surface area (TPSA) is 38.9 Å². The minimum absolute atomic E-state index is 0.186. The Bertz CT molecular complexity index is 328. The Balaban J connectivity index is 1.82. The van der Waals surface area contributed by atoms with E-state index in [9.17, 15) is 0 Å². The molecule has 0 aliphatic heterocycles. The molecule has 1 aromatic rings. The number of hydrogen-bond acceptors (Lipinski definition) is 2. The van der Waals surface area contributed by atoms with Gasteiger partial charge >= 0.3 is 0 Å². The summed E-state index contributed by atoms with van der Waals surface area (Å²) in [5.41, 5.74) is 7.58. The fourth-order valence-corrected chi connectivity index (χ4v) is 3.17. The van der Waals surface area contributed by atoms with Crippen molar-refractivity contribution in [3.05, 3.63) is 30.1 Å². The molecule has 0 bridgehead atoms. The highest BCUT2D eigenvalue weighted by atomic mass is 14.7. The first-order valence-electron chi connectivity index (χ1n) is 7.46. The number of nitrogens with zero attached hydrogens (tertiary/aromatic N) is 1. The molecule has 1 aliphatic rings. The van der Waals surface area contributed by atoms with Crippen LogP contribution in [-0.4, -0.2) is 4.98 Å². The first-order valence-corrected chi connectivity index (χ1v) is 7.46. The standard InChI is InChI=1S/C16H26N2/c1-2-3-5-13-7-9-14(10-8-13)16(17)15-6-4-11-18-12-15/h4,6,11-14,16H,2-3,5,7-10,17H2,1H3. The van der Waals surface area contributed by atoms with E-state index in [1.54, 1.807) is 0 Å². The van der Waals surface area contributed by atoms with Crippen molar-refractivity contribution < 1.29 is 0 Å². The van der Waals surface area contributed by atoms with Gasteiger partial charge in [-0.15, -0.1) is 0 Å². The van der Waals surface area contributed by atoms with Crippen LogP contribution in [0.4, 0.5) is 0 Å². The van der Waals surface area contributed by atoms with Crippen molar-refractivity contribution in [2.24, 2.45) is 17.6 Å². The largest absolute Gasteiger partial charge is 0.324 e. The van der Waals surface area contributed by atoms with Crippen molar-refractivity contribution >= 4 is 0 Å². The first kappa shape index (κ1) is 13.5. The fraction of sp³-hybridized carbons (Fsp3) is 0.688. The summed E-state index contributed by atoms with van der Waals surface area (Å²) < 4.78 is 0. The minimum Gasteiger partial charge on any atom is -0.324 e. The zero-order chi connectivity index (χ0) is 12.8. The van der Waals surface area contributed by atoms with Crippen LogP contribution in [0.3, 0.4) is 0 Å². The van der Waals surface area contributed by atoms with Gasteiger partial charge in [-0.2, -0.15) is 0 Å². The lowest BCUT2D eigenvalue weighted by Gasteiger charge is -2.32. The lowest BCUT2D eigenvalue weighted by atomic mass is 9.76. The Labute approximate surface area is 111 Å². The van der Waals surface area contributed by atoms with Crippen LogP contribution < -0.4 is 5.73 Å². The summed E-state index contributed by atoms with van der Waals surface area (Å²) in [6, 6.07) is 4.29. The summed E-state index contributed by atoms with van der Waals surface area (Å²) in [6.45, 7) is 2.28. The maximum Gasteiger partial charge on any atom is 0.0338 e. The van der Waals surface area contributed by atoms with Gasteiger partial charge in [0.25, 0.3) is 0 Å². The highest BCUT2D eigenvalue weighted by Crippen LogP contribution is 2.37. The number of pyridine rings is 1. The molecule has 0 spiro atoms. The van der Waals surface area contributed by atoms with Gasteiger partial charge in [-0.1, -0.05) is 45.1 Å². The van der Waals surface area contributed by atoms with Gasteiger partial charge in [-0.3, -0.25) is 4.98 Å². The summed E-state index contributed by atoms with van der Waals surface area (Å²) in [7, 11) is 0. The second-order valence-electron chi connectivity index (χ2n) is 5.74. The van der Waals surface area contributed by atoms with E-state index in [0.29, 0.717) is 5.92 Å². The smallest absolute Gasteiger partial charge is 0.0338 e. The van der Waals surface area contributed by atoms with Crippen molar-refractivity contribution in [2.75, 3.05) is 0 Å². The number of rotatable bonds is 5. The second-order valence-corrected chi connectivity index (χ2v) is 5.74. The minimum atomic E-state index is 0.186. The van der Waals surface area contributed by atoms with Crippen LogP contribution in [-0.2, 0) is 0 Å². The average molecular weight is 246 g/mol. The molecule has 2 N–H and O–H groups in total. The molecule has 1 heterocycles. The number of hydrogen-bond donors (Lipinski definition) is 1. The van der Waals surface area contributed by atoms with E-state index in [1.807, 2.05) is 18.5 Å². The summed E-state index contributed by atoms with van der Waals surface area (Å²) in [5, 5.41) is 0. The predicted octanol–water partition coefficient (Wildman–Crippen LogP) is 4.08. The molecule has 1 aromatic heterocycles. The van der Waals surface area contributed by atoms with Crippen molar-refractivity contribution in [1.82, 2.24) is 4.98 Å². The highest BCUT2D eigenvalue weighted by molar-refractivity contribution is 5.14. The molecule has 1 aliphatic carbocycles. The van der Waals surface area contributed by atoms with Crippen molar-refractivity contribution in [1.29, 1.82) is 0 Å². The zero-order valence-electron chi connectivity index (χ0n) is 11.5. The number of unbranched alkanes of at least 4 members (excludes halogenated alkanes) is 1.